The number of carbonyl (C=O) groups is 4. The number of piperazine rings is 2. The minimum Gasteiger partial charge on any atom is -0.480 e. The summed E-state index contributed by atoms with van der Waals surface area (Å²) in [6, 6.07) is 11.0. The monoisotopic (exact) mass is 622 g/mol. The number of carboxylic acid groups (broad SMARTS) is 1. The highest BCUT2D eigenvalue weighted by molar-refractivity contribution is 6.41. The molecule has 0 spiro atoms. The number of ether oxygens (including phenoxy) is 1. The lowest BCUT2D eigenvalue weighted by atomic mass is 10.0. The van der Waals surface area contributed by atoms with Crippen molar-refractivity contribution in [3.05, 3.63) is 59.4 Å². The molecule has 1 atom stereocenters. The highest BCUT2D eigenvalue weighted by Crippen LogP contribution is 2.30. The first-order valence-electron chi connectivity index (χ1n) is 14.4. The zero-order valence-electron chi connectivity index (χ0n) is 23.8. The first-order chi connectivity index (χ1) is 21.3. The molecule has 44 heavy (non-hydrogen) atoms. The van der Waals surface area contributed by atoms with Crippen LogP contribution in [0.15, 0.2) is 48.8 Å². The quantitative estimate of drug-likeness (QED) is 0.360. The van der Waals surface area contributed by atoms with Gasteiger partial charge in [0.15, 0.2) is 0 Å². The number of nitrogens with zero attached hydrogens (tertiary/aromatic N) is 8. The molecule has 1 aromatic heterocycles. The average molecular weight is 623 g/mol. The Hall–Kier alpha value is -4.40. The molecular weight excluding hydrogens is 592 g/mol. The van der Waals surface area contributed by atoms with Crippen molar-refractivity contribution in [1.29, 1.82) is 0 Å². The summed E-state index contributed by atoms with van der Waals surface area (Å²) in [5, 5.41) is 21.5. The predicted molar refractivity (Wildman–Crippen MR) is 158 cm³/mol. The molecule has 3 fully saturated rings. The van der Waals surface area contributed by atoms with E-state index in [-0.39, 0.29) is 25.4 Å². The third-order valence-electron chi connectivity index (χ3n) is 8.37. The van der Waals surface area contributed by atoms with Gasteiger partial charge in [0.2, 0.25) is 5.91 Å². The summed E-state index contributed by atoms with van der Waals surface area (Å²) < 4.78 is 6.79. The van der Waals surface area contributed by atoms with Crippen molar-refractivity contribution in [3.63, 3.8) is 0 Å². The first-order valence-corrected chi connectivity index (χ1v) is 14.8. The Labute approximate surface area is 257 Å². The summed E-state index contributed by atoms with van der Waals surface area (Å²) in [6.07, 6.45) is 3.20. The van der Waals surface area contributed by atoms with Crippen molar-refractivity contribution in [2.45, 2.75) is 31.3 Å². The Bertz CT molecular complexity index is 1550. The smallest absolute Gasteiger partial charge is 0.326 e. The summed E-state index contributed by atoms with van der Waals surface area (Å²) in [6.45, 7) is 3.17. The van der Waals surface area contributed by atoms with E-state index in [1.54, 1.807) is 41.3 Å². The second-order valence-corrected chi connectivity index (χ2v) is 11.4. The third kappa shape index (κ3) is 6.00. The lowest BCUT2D eigenvalue weighted by Gasteiger charge is -2.40. The molecule has 0 saturated carbocycles. The Morgan fingerprint density at radius 2 is 1.70 bits per heavy atom. The van der Waals surface area contributed by atoms with Crippen LogP contribution in [0.1, 0.15) is 18.4 Å². The number of rotatable bonds is 8. The molecule has 2 aromatic carbocycles. The SMILES string of the molecule is O=C(O)C(Cc1ccc(N2CCN(C3CCOCC3)CC2=O)cc1)N1CCN(c2cc(Cl)ccc2-n2cnnn2)C(=O)C1=O. The van der Waals surface area contributed by atoms with Gasteiger partial charge < -0.3 is 24.5 Å². The predicted octanol–water partition coefficient (Wildman–Crippen LogP) is 1.01. The van der Waals surface area contributed by atoms with E-state index in [0.29, 0.717) is 41.1 Å². The number of carboxylic acids is 1. The molecule has 15 heteroatoms. The fourth-order valence-corrected chi connectivity index (χ4v) is 6.21. The standard InChI is InChI=1S/C29H31ClN8O6/c30-20-3-6-23(38-18-31-32-33-38)24(16-20)36-11-12-37(28(41)27(36)40)25(29(42)43)15-19-1-4-22(5-2-19)35-10-9-34(17-26(35)39)21-7-13-44-14-8-21/h1-6,16,18,21,25H,7-15,17H2,(H,42,43). The van der Waals surface area contributed by atoms with Crippen molar-refractivity contribution in [2.24, 2.45) is 0 Å². The van der Waals surface area contributed by atoms with Crippen molar-refractivity contribution in [2.75, 3.05) is 55.7 Å². The highest BCUT2D eigenvalue weighted by atomic mass is 35.5. The molecule has 1 unspecified atom stereocenters. The second kappa shape index (κ2) is 12.7. The van der Waals surface area contributed by atoms with Crippen LogP contribution in [0, 0.1) is 0 Å². The average Bonchev–Trinajstić information content (AvgIpc) is 3.57. The van der Waals surface area contributed by atoms with Gasteiger partial charge in [0.05, 0.1) is 17.9 Å². The Morgan fingerprint density at radius 1 is 0.955 bits per heavy atom. The van der Waals surface area contributed by atoms with Crippen LogP contribution in [0.25, 0.3) is 5.69 Å². The number of benzene rings is 2. The zero-order valence-corrected chi connectivity index (χ0v) is 24.5. The van der Waals surface area contributed by atoms with E-state index < -0.39 is 23.8 Å². The van der Waals surface area contributed by atoms with Gasteiger partial charge in [0.25, 0.3) is 0 Å². The van der Waals surface area contributed by atoms with Gasteiger partial charge in [0.1, 0.15) is 12.4 Å². The molecule has 6 rings (SSSR count). The van der Waals surface area contributed by atoms with Crippen molar-refractivity contribution in [1.82, 2.24) is 30.0 Å². The fraction of sp³-hybridized carbons (Fsp3) is 0.414. The molecule has 3 aromatic rings. The molecular formula is C29H31ClN8O6. The maximum Gasteiger partial charge on any atom is 0.326 e. The minimum atomic E-state index is -1.26. The molecule has 3 aliphatic heterocycles. The van der Waals surface area contributed by atoms with Crippen LogP contribution in [-0.4, -0.2) is 117 Å². The number of halogens is 1. The van der Waals surface area contributed by atoms with Gasteiger partial charge in [0, 0.05) is 62.6 Å². The Morgan fingerprint density at radius 3 is 2.39 bits per heavy atom. The van der Waals surface area contributed by atoms with Crippen molar-refractivity contribution >= 4 is 46.7 Å². The number of amides is 3. The van der Waals surface area contributed by atoms with Crippen LogP contribution in [0.2, 0.25) is 5.02 Å². The molecule has 0 aliphatic carbocycles. The molecule has 230 valence electrons. The van der Waals surface area contributed by atoms with Gasteiger partial charge in [-0.05, 0) is 59.2 Å². The van der Waals surface area contributed by atoms with Crippen LogP contribution in [-0.2, 0) is 30.3 Å². The molecule has 4 heterocycles. The van der Waals surface area contributed by atoms with Gasteiger partial charge in [-0.2, -0.15) is 4.68 Å². The van der Waals surface area contributed by atoms with E-state index in [0.717, 1.165) is 43.2 Å². The van der Waals surface area contributed by atoms with Crippen molar-refractivity contribution < 1.29 is 29.0 Å². The van der Waals surface area contributed by atoms with Gasteiger partial charge in [-0.25, -0.2) is 4.79 Å². The van der Waals surface area contributed by atoms with Crippen LogP contribution >= 0.6 is 11.6 Å². The van der Waals surface area contributed by atoms with Gasteiger partial charge in [-0.15, -0.1) is 5.10 Å². The van der Waals surface area contributed by atoms with Gasteiger partial charge >= 0.3 is 17.8 Å². The third-order valence-corrected chi connectivity index (χ3v) is 8.61. The molecule has 1 N–H and O–H groups in total. The summed E-state index contributed by atoms with van der Waals surface area (Å²) in [7, 11) is 0. The summed E-state index contributed by atoms with van der Waals surface area (Å²) in [5.41, 5.74) is 2.16. The summed E-state index contributed by atoms with van der Waals surface area (Å²) >= 11 is 6.20. The van der Waals surface area contributed by atoms with Crippen LogP contribution in [0.4, 0.5) is 11.4 Å². The topological polar surface area (TPSA) is 154 Å². The normalized spacial score (nSPS) is 19.5. The van der Waals surface area contributed by atoms with E-state index >= 15 is 0 Å². The molecule has 3 saturated heterocycles. The molecule has 3 aliphatic rings. The first kappa shape index (κ1) is 29.7. The number of hydrogen-bond donors (Lipinski definition) is 1. The molecule has 3 amide bonds. The largest absolute Gasteiger partial charge is 0.480 e. The maximum absolute atomic E-state index is 13.3. The molecule has 0 bridgehead atoms. The van der Waals surface area contributed by atoms with Gasteiger partial charge in [-0.1, -0.05) is 23.7 Å². The van der Waals surface area contributed by atoms with E-state index in [2.05, 4.69) is 20.4 Å². The number of hydrogen-bond acceptors (Lipinski definition) is 9. The number of aliphatic carboxylic acids is 1. The number of anilines is 2. The maximum atomic E-state index is 13.3. The zero-order chi connectivity index (χ0) is 30.8. The number of carbonyl (C=O) groups excluding carboxylic acids is 3. The van der Waals surface area contributed by atoms with Crippen LogP contribution < -0.4 is 9.80 Å². The number of aromatic nitrogens is 4. The van der Waals surface area contributed by atoms with E-state index in [9.17, 15) is 24.3 Å². The van der Waals surface area contributed by atoms with Gasteiger partial charge in [-0.3, -0.25) is 19.3 Å². The fourth-order valence-electron chi connectivity index (χ4n) is 6.05. The lowest BCUT2D eigenvalue weighted by molar-refractivity contribution is -0.155. The Balaban J connectivity index is 1.12. The lowest BCUT2D eigenvalue weighted by Crippen LogP contribution is -2.59. The Kier molecular flexibility index (Phi) is 8.55. The van der Waals surface area contributed by atoms with E-state index in [1.807, 2.05) is 0 Å². The molecule has 0 radical (unpaired) electrons. The van der Waals surface area contributed by atoms with Crippen molar-refractivity contribution in [3.8, 4) is 5.69 Å². The minimum absolute atomic E-state index is 0.00680. The number of tetrazole rings is 1. The second-order valence-electron chi connectivity index (χ2n) is 10.9. The van der Waals surface area contributed by atoms with Crippen LogP contribution in [0.5, 0.6) is 0 Å². The van der Waals surface area contributed by atoms with E-state index in [1.165, 1.54) is 22.0 Å². The van der Waals surface area contributed by atoms with E-state index in [4.69, 9.17) is 16.3 Å². The highest BCUT2D eigenvalue weighted by Gasteiger charge is 2.40. The summed E-state index contributed by atoms with van der Waals surface area (Å²) in [5.74, 6) is -3.02. The molecule has 14 nitrogen and oxygen atoms in total. The summed E-state index contributed by atoms with van der Waals surface area (Å²) in [4.78, 5) is 58.3. The van der Waals surface area contributed by atoms with Crippen LogP contribution in [0.3, 0.4) is 0 Å².